The number of nitrogens with one attached hydrogen (secondary N) is 1. The molecule has 0 aromatic heterocycles. The van der Waals surface area contributed by atoms with Gasteiger partial charge in [-0.3, -0.25) is 0 Å². The number of anilines is 1. The first-order valence-corrected chi connectivity index (χ1v) is 6.78. The largest absolute Gasteiger partial charge is 0.380 e. The quantitative estimate of drug-likeness (QED) is 0.744. The van der Waals surface area contributed by atoms with Gasteiger partial charge < -0.3 is 5.32 Å². The summed E-state index contributed by atoms with van der Waals surface area (Å²) in [7, 11) is 0. The highest BCUT2D eigenvalue weighted by Gasteiger charge is 2.12. The van der Waals surface area contributed by atoms with Crippen LogP contribution < -0.4 is 5.32 Å². The maximum absolute atomic E-state index is 13.8. The Balaban J connectivity index is 2.21. The SMILES string of the molecule is Cc1ccc(NCc2c(F)ccc(Br)c2F)c(Cl)c1. The molecule has 2 aromatic carbocycles. The van der Waals surface area contributed by atoms with Crippen molar-refractivity contribution in [3.63, 3.8) is 0 Å². The van der Waals surface area contributed by atoms with Crippen LogP contribution in [0, 0.1) is 18.6 Å². The van der Waals surface area contributed by atoms with Gasteiger partial charge in [0, 0.05) is 12.1 Å². The lowest BCUT2D eigenvalue weighted by atomic mass is 10.2. The van der Waals surface area contributed by atoms with E-state index in [0.717, 1.165) is 5.56 Å². The van der Waals surface area contributed by atoms with E-state index in [1.807, 2.05) is 13.0 Å². The first kappa shape index (κ1) is 14.3. The molecule has 0 fully saturated rings. The van der Waals surface area contributed by atoms with Gasteiger partial charge in [0.15, 0.2) is 0 Å². The smallest absolute Gasteiger partial charge is 0.145 e. The van der Waals surface area contributed by atoms with E-state index < -0.39 is 11.6 Å². The van der Waals surface area contributed by atoms with Gasteiger partial charge in [-0.15, -0.1) is 0 Å². The average Bonchev–Trinajstić information content (AvgIpc) is 2.36. The van der Waals surface area contributed by atoms with E-state index >= 15 is 0 Å². The molecule has 0 spiro atoms. The Labute approximate surface area is 123 Å². The van der Waals surface area contributed by atoms with E-state index in [2.05, 4.69) is 21.2 Å². The van der Waals surface area contributed by atoms with Crippen LogP contribution in [0.5, 0.6) is 0 Å². The highest BCUT2D eigenvalue weighted by atomic mass is 79.9. The molecule has 1 N–H and O–H groups in total. The Morgan fingerprint density at radius 3 is 2.63 bits per heavy atom. The van der Waals surface area contributed by atoms with Crippen molar-refractivity contribution >= 4 is 33.2 Å². The van der Waals surface area contributed by atoms with Crippen molar-refractivity contribution in [1.29, 1.82) is 0 Å². The molecule has 0 saturated carbocycles. The van der Waals surface area contributed by atoms with E-state index in [1.165, 1.54) is 12.1 Å². The molecule has 0 aliphatic rings. The Bertz CT molecular complexity index is 617. The zero-order valence-corrected chi connectivity index (χ0v) is 12.4. The van der Waals surface area contributed by atoms with Crippen molar-refractivity contribution in [2.75, 3.05) is 5.32 Å². The van der Waals surface area contributed by atoms with Crippen molar-refractivity contribution in [2.24, 2.45) is 0 Å². The molecule has 2 aromatic rings. The van der Waals surface area contributed by atoms with E-state index in [1.54, 1.807) is 12.1 Å². The summed E-state index contributed by atoms with van der Waals surface area (Å²) in [5.41, 5.74) is 1.65. The second-order valence-corrected chi connectivity index (χ2v) is 5.42. The Kier molecular flexibility index (Phi) is 4.42. The molecule has 0 aliphatic carbocycles. The first-order chi connectivity index (χ1) is 8.99. The maximum atomic E-state index is 13.8. The van der Waals surface area contributed by atoms with Crippen LogP contribution in [0.4, 0.5) is 14.5 Å². The van der Waals surface area contributed by atoms with E-state index in [-0.39, 0.29) is 16.6 Å². The molecule has 0 aliphatic heterocycles. The minimum absolute atomic E-state index is 0.0222. The molecule has 2 rings (SSSR count). The second-order valence-electron chi connectivity index (χ2n) is 4.16. The van der Waals surface area contributed by atoms with Crippen LogP contribution in [0.15, 0.2) is 34.8 Å². The Morgan fingerprint density at radius 1 is 1.21 bits per heavy atom. The zero-order valence-electron chi connectivity index (χ0n) is 10.1. The molecule has 0 heterocycles. The lowest BCUT2D eigenvalue weighted by Gasteiger charge is -2.11. The molecule has 5 heteroatoms. The molecule has 0 saturated heterocycles. The third-order valence-corrected chi connectivity index (χ3v) is 3.64. The Morgan fingerprint density at radius 2 is 1.95 bits per heavy atom. The summed E-state index contributed by atoms with van der Waals surface area (Å²) in [4.78, 5) is 0. The van der Waals surface area contributed by atoms with Gasteiger partial charge >= 0.3 is 0 Å². The van der Waals surface area contributed by atoms with Crippen LogP contribution in [-0.4, -0.2) is 0 Å². The van der Waals surface area contributed by atoms with Crippen LogP contribution in [0.2, 0.25) is 5.02 Å². The third-order valence-electron chi connectivity index (χ3n) is 2.72. The second kappa shape index (κ2) is 5.88. The molecule has 0 bridgehead atoms. The van der Waals surface area contributed by atoms with Gasteiger partial charge in [-0.25, -0.2) is 8.78 Å². The normalized spacial score (nSPS) is 10.6. The average molecular weight is 347 g/mol. The summed E-state index contributed by atoms with van der Waals surface area (Å²) in [6, 6.07) is 8.01. The van der Waals surface area contributed by atoms with Crippen LogP contribution in [0.3, 0.4) is 0 Å². The van der Waals surface area contributed by atoms with E-state index in [0.29, 0.717) is 10.7 Å². The number of hydrogen-bond acceptors (Lipinski definition) is 1. The van der Waals surface area contributed by atoms with Crippen LogP contribution in [-0.2, 0) is 6.54 Å². The van der Waals surface area contributed by atoms with Crippen LogP contribution in [0.25, 0.3) is 0 Å². The predicted octanol–water partition coefficient (Wildman–Crippen LogP) is 5.30. The molecule has 0 radical (unpaired) electrons. The summed E-state index contributed by atoms with van der Waals surface area (Å²) < 4.78 is 27.6. The topological polar surface area (TPSA) is 12.0 Å². The molecule has 19 heavy (non-hydrogen) atoms. The number of rotatable bonds is 3. The minimum Gasteiger partial charge on any atom is -0.380 e. The van der Waals surface area contributed by atoms with Crippen LogP contribution >= 0.6 is 27.5 Å². The van der Waals surface area contributed by atoms with Crippen molar-refractivity contribution in [2.45, 2.75) is 13.5 Å². The highest BCUT2D eigenvalue weighted by molar-refractivity contribution is 9.10. The fourth-order valence-electron chi connectivity index (χ4n) is 1.68. The van der Waals surface area contributed by atoms with Gasteiger partial charge in [0.2, 0.25) is 0 Å². The van der Waals surface area contributed by atoms with Crippen LogP contribution in [0.1, 0.15) is 11.1 Å². The van der Waals surface area contributed by atoms with Crippen molar-refractivity contribution < 1.29 is 8.78 Å². The van der Waals surface area contributed by atoms with E-state index in [4.69, 9.17) is 11.6 Å². The summed E-state index contributed by atoms with van der Waals surface area (Å²) in [6.45, 7) is 1.95. The molecular weight excluding hydrogens is 336 g/mol. The van der Waals surface area contributed by atoms with Crippen molar-refractivity contribution in [3.05, 3.63) is 62.6 Å². The molecule has 0 unspecified atom stereocenters. The molecule has 0 amide bonds. The summed E-state index contributed by atoms with van der Waals surface area (Å²) in [5.74, 6) is -1.19. The minimum atomic E-state index is -0.601. The highest BCUT2D eigenvalue weighted by Crippen LogP contribution is 2.26. The monoisotopic (exact) mass is 345 g/mol. The van der Waals surface area contributed by atoms with Gasteiger partial charge in [-0.05, 0) is 52.7 Å². The number of aryl methyl sites for hydroxylation is 1. The van der Waals surface area contributed by atoms with Gasteiger partial charge in [-0.2, -0.15) is 0 Å². The fraction of sp³-hybridized carbons (Fsp3) is 0.143. The lowest BCUT2D eigenvalue weighted by Crippen LogP contribution is -2.05. The maximum Gasteiger partial charge on any atom is 0.145 e. The molecule has 100 valence electrons. The third kappa shape index (κ3) is 3.25. The number of hydrogen-bond donors (Lipinski definition) is 1. The first-order valence-electron chi connectivity index (χ1n) is 5.61. The van der Waals surface area contributed by atoms with Gasteiger partial charge in [0.25, 0.3) is 0 Å². The number of halogens is 4. The number of benzene rings is 2. The van der Waals surface area contributed by atoms with Crippen molar-refractivity contribution in [1.82, 2.24) is 0 Å². The van der Waals surface area contributed by atoms with Gasteiger partial charge in [0.1, 0.15) is 11.6 Å². The van der Waals surface area contributed by atoms with Gasteiger partial charge in [-0.1, -0.05) is 17.7 Å². The fourth-order valence-corrected chi connectivity index (χ4v) is 2.35. The standard InChI is InChI=1S/C14H11BrClF2N/c1-8-2-5-13(11(16)6-8)19-7-9-12(17)4-3-10(15)14(9)18/h2-6,19H,7H2,1H3. The summed E-state index contributed by atoms with van der Waals surface area (Å²) in [5, 5.41) is 3.46. The summed E-state index contributed by atoms with van der Waals surface area (Å²) in [6.07, 6.45) is 0. The Hall–Kier alpha value is -1.13. The zero-order chi connectivity index (χ0) is 14.0. The molecule has 0 atom stereocenters. The summed E-state index contributed by atoms with van der Waals surface area (Å²) >= 11 is 9.08. The molecule has 1 nitrogen and oxygen atoms in total. The lowest BCUT2D eigenvalue weighted by molar-refractivity contribution is 0.555. The van der Waals surface area contributed by atoms with Crippen molar-refractivity contribution in [3.8, 4) is 0 Å². The van der Waals surface area contributed by atoms with E-state index in [9.17, 15) is 8.78 Å². The molecular formula is C14H11BrClF2N. The predicted molar refractivity (Wildman–Crippen MR) is 77.6 cm³/mol. The van der Waals surface area contributed by atoms with Gasteiger partial charge in [0.05, 0.1) is 15.2 Å².